The third kappa shape index (κ3) is 4.32. The predicted octanol–water partition coefficient (Wildman–Crippen LogP) is 5.76. The Hall–Kier alpha value is -2.12. The molecule has 158 valence electrons. The summed E-state index contributed by atoms with van der Waals surface area (Å²) in [6.45, 7) is 3.46. The van der Waals surface area contributed by atoms with E-state index in [9.17, 15) is 4.79 Å². The molecular formula is C22H24Cl2N4OS. The average Bonchev–Trinajstić information content (AvgIpc) is 3.32. The molecule has 2 aromatic carbocycles. The van der Waals surface area contributed by atoms with E-state index in [-0.39, 0.29) is 18.3 Å². The van der Waals surface area contributed by atoms with Crippen LogP contribution < -0.4 is 4.90 Å². The summed E-state index contributed by atoms with van der Waals surface area (Å²) in [6, 6.07) is 11.7. The van der Waals surface area contributed by atoms with E-state index in [4.69, 9.17) is 16.6 Å². The van der Waals surface area contributed by atoms with Crippen molar-refractivity contribution in [1.82, 2.24) is 14.9 Å². The van der Waals surface area contributed by atoms with Crippen LogP contribution in [0.4, 0.5) is 5.13 Å². The first-order valence-corrected chi connectivity index (χ1v) is 10.7. The molecule has 0 saturated carbocycles. The van der Waals surface area contributed by atoms with Gasteiger partial charge in [0.1, 0.15) is 0 Å². The van der Waals surface area contributed by atoms with Crippen LogP contribution in [0.1, 0.15) is 22.3 Å². The maximum atomic E-state index is 13.6. The molecule has 2 heterocycles. The lowest BCUT2D eigenvalue weighted by atomic mass is 10.1. The van der Waals surface area contributed by atoms with E-state index >= 15 is 0 Å². The molecule has 8 heteroatoms. The van der Waals surface area contributed by atoms with E-state index in [0.717, 1.165) is 39.6 Å². The minimum atomic E-state index is -0.0380. The first-order chi connectivity index (χ1) is 14.0. The van der Waals surface area contributed by atoms with Crippen molar-refractivity contribution in [3.05, 3.63) is 58.7 Å². The molecule has 0 unspecified atom stereocenters. The lowest BCUT2D eigenvalue weighted by molar-refractivity contribution is 0.0987. The van der Waals surface area contributed by atoms with Gasteiger partial charge in [0, 0.05) is 28.7 Å². The molecule has 0 radical (unpaired) electrons. The number of thiazole rings is 1. The van der Waals surface area contributed by atoms with Crippen molar-refractivity contribution in [2.24, 2.45) is 0 Å². The largest absolute Gasteiger partial charge is 0.360 e. The number of aromatic nitrogens is 2. The Labute approximate surface area is 191 Å². The summed E-state index contributed by atoms with van der Waals surface area (Å²) in [5.41, 5.74) is 3.43. The van der Waals surface area contributed by atoms with Gasteiger partial charge in [0.15, 0.2) is 5.13 Å². The summed E-state index contributed by atoms with van der Waals surface area (Å²) in [5, 5.41) is 2.33. The number of para-hydroxylation sites is 1. The van der Waals surface area contributed by atoms with Gasteiger partial charge in [-0.2, -0.15) is 0 Å². The van der Waals surface area contributed by atoms with Gasteiger partial charge < -0.3 is 9.88 Å². The van der Waals surface area contributed by atoms with Crippen molar-refractivity contribution in [3.63, 3.8) is 0 Å². The van der Waals surface area contributed by atoms with Crippen LogP contribution in [-0.4, -0.2) is 48.0 Å². The number of aryl methyl sites for hydroxylation is 1. The van der Waals surface area contributed by atoms with Gasteiger partial charge in [-0.1, -0.05) is 41.1 Å². The van der Waals surface area contributed by atoms with Gasteiger partial charge in [0.05, 0.1) is 15.8 Å². The van der Waals surface area contributed by atoms with Crippen LogP contribution in [0.5, 0.6) is 0 Å². The molecule has 0 aliphatic rings. The zero-order valence-electron chi connectivity index (χ0n) is 17.1. The van der Waals surface area contributed by atoms with E-state index in [0.29, 0.717) is 22.3 Å². The summed E-state index contributed by atoms with van der Waals surface area (Å²) in [4.78, 5) is 25.5. The van der Waals surface area contributed by atoms with Gasteiger partial charge in [-0.25, -0.2) is 4.98 Å². The molecule has 0 atom stereocenters. The Kier molecular flexibility index (Phi) is 7.03. The van der Waals surface area contributed by atoms with Crippen molar-refractivity contribution in [3.8, 4) is 0 Å². The third-order valence-electron chi connectivity index (χ3n) is 5.02. The standard InChI is InChI=1S/C22H23ClN4OS.ClH/c1-14-17(23)9-10-19-20(14)25-22(29-19)27(12-6-11-26(2)3)21(28)16-13-24-18-8-5-4-7-15(16)18;/h4-5,7-10,13,24H,6,11-12H2,1-3H3;1H. The molecule has 4 rings (SSSR count). The monoisotopic (exact) mass is 462 g/mol. The Balaban J connectivity index is 0.00000256. The number of hydrogen-bond donors (Lipinski definition) is 1. The number of H-pyrrole nitrogens is 1. The van der Waals surface area contributed by atoms with E-state index in [1.54, 1.807) is 11.1 Å². The highest BCUT2D eigenvalue weighted by atomic mass is 35.5. The molecule has 0 spiro atoms. The Morgan fingerprint density at radius 3 is 2.70 bits per heavy atom. The molecule has 1 amide bonds. The number of amides is 1. The minimum Gasteiger partial charge on any atom is -0.360 e. The number of carbonyl (C=O) groups excluding carboxylic acids is 1. The smallest absolute Gasteiger partial charge is 0.262 e. The normalized spacial score (nSPS) is 11.2. The molecule has 30 heavy (non-hydrogen) atoms. The number of benzene rings is 2. The second-order valence-electron chi connectivity index (χ2n) is 7.38. The maximum Gasteiger partial charge on any atom is 0.262 e. The third-order valence-corrected chi connectivity index (χ3v) is 6.47. The van der Waals surface area contributed by atoms with Crippen LogP contribution in [0, 0.1) is 6.92 Å². The quantitative estimate of drug-likeness (QED) is 0.396. The SMILES string of the molecule is Cc1c(Cl)ccc2sc(N(CCCN(C)C)C(=O)c3c[nH]c4ccccc34)nc12.Cl. The molecule has 0 bridgehead atoms. The van der Waals surface area contributed by atoms with E-state index in [2.05, 4.69) is 9.88 Å². The van der Waals surface area contributed by atoms with Crippen molar-refractivity contribution in [1.29, 1.82) is 0 Å². The van der Waals surface area contributed by atoms with Gasteiger partial charge in [-0.15, -0.1) is 12.4 Å². The van der Waals surface area contributed by atoms with Crippen LogP contribution in [0.3, 0.4) is 0 Å². The van der Waals surface area contributed by atoms with Crippen LogP contribution in [-0.2, 0) is 0 Å². The Bertz CT molecular complexity index is 1180. The van der Waals surface area contributed by atoms with Gasteiger partial charge in [0.25, 0.3) is 5.91 Å². The second-order valence-corrected chi connectivity index (χ2v) is 8.79. The Morgan fingerprint density at radius 1 is 1.17 bits per heavy atom. The van der Waals surface area contributed by atoms with Crippen molar-refractivity contribution >= 4 is 67.5 Å². The van der Waals surface area contributed by atoms with Crippen molar-refractivity contribution < 1.29 is 4.79 Å². The molecule has 0 saturated heterocycles. The number of carbonyl (C=O) groups is 1. The van der Waals surface area contributed by atoms with Crippen LogP contribution in [0.2, 0.25) is 5.02 Å². The number of fused-ring (bicyclic) bond motifs is 2. The number of anilines is 1. The minimum absolute atomic E-state index is 0. The zero-order chi connectivity index (χ0) is 20.5. The molecular weight excluding hydrogens is 439 g/mol. The topological polar surface area (TPSA) is 52.2 Å². The van der Waals surface area contributed by atoms with E-state index < -0.39 is 0 Å². The molecule has 0 fully saturated rings. The first-order valence-electron chi connectivity index (χ1n) is 9.54. The van der Waals surface area contributed by atoms with Crippen molar-refractivity contribution in [2.45, 2.75) is 13.3 Å². The fourth-order valence-corrected chi connectivity index (χ4v) is 4.63. The van der Waals surface area contributed by atoms with Gasteiger partial charge in [-0.3, -0.25) is 9.69 Å². The van der Waals surface area contributed by atoms with Crippen molar-refractivity contribution in [2.75, 3.05) is 32.1 Å². The summed E-state index contributed by atoms with van der Waals surface area (Å²) < 4.78 is 1.03. The van der Waals surface area contributed by atoms with Gasteiger partial charge in [0.2, 0.25) is 0 Å². The zero-order valence-corrected chi connectivity index (χ0v) is 19.5. The summed E-state index contributed by atoms with van der Waals surface area (Å²) >= 11 is 7.81. The van der Waals surface area contributed by atoms with Crippen LogP contribution >= 0.6 is 35.3 Å². The Morgan fingerprint density at radius 2 is 1.93 bits per heavy atom. The summed E-state index contributed by atoms with van der Waals surface area (Å²) in [7, 11) is 4.07. The highest BCUT2D eigenvalue weighted by molar-refractivity contribution is 7.22. The van der Waals surface area contributed by atoms with Gasteiger partial charge >= 0.3 is 0 Å². The number of hydrogen-bond acceptors (Lipinski definition) is 4. The maximum absolute atomic E-state index is 13.6. The van der Waals surface area contributed by atoms with E-state index in [1.165, 1.54) is 11.3 Å². The predicted molar refractivity (Wildman–Crippen MR) is 130 cm³/mol. The average molecular weight is 463 g/mol. The van der Waals surface area contributed by atoms with Crippen LogP contribution in [0.25, 0.3) is 21.1 Å². The highest BCUT2D eigenvalue weighted by Crippen LogP contribution is 2.34. The molecule has 1 N–H and O–H groups in total. The fourth-order valence-electron chi connectivity index (χ4n) is 3.43. The highest BCUT2D eigenvalue weighted by Gasteiger charge is 2.24. The van der Waals surface area contributed by atoms with Gasteiger partial charge in [-0.05, 0) is 57.7 Å². The lowest BCUT2D eigenvalue weighted by Crippen LogP contribution is -2.33. The lowest BCUT2D eigenvalue weighted by Gasteiger charge is -2.20. The summed E-state index contributed by atoms with van der Waals surface area (Å²) in [5.74, 6) is -0.0380. The molecule has 0 aliphatic heterocycles. The molecule has 4 aromatic rings. The molecule has 2 aromatic heterocycles. The number of rotatable bonds is 6. The fraction of sp³-hybridized carbons (Fsp3) is 0.273. The molecule has 5 nitrogen and oxygen atoms in total. The second kappa shape index (κ2) is 9.35. The number of nitrogens with one attached hydrogen (secondary N) is 1. The number of halogens is 2. The van der Waals surface area contributed by atoms with E-state index in [1.807, 2.05) is 57.4 Å². The first kappa shape index (κ1) is 22.6. The molecule has 0 aliphatic carbocycles. The number of nitrogens with zero attached hydrogens (tertiary/aromatic N) is 3. The number of aromatic amines is 1. The summed E-state index contributed by atoms with van der Waals surface area (Å²) in [6.07, 6.45) is 2.65. The van der Waals surface area contributed by atoms with Crippen LogP contribution in [0.15, 0.2) is 42.6 Å².